The van der Waals surface area contributed by atoms with Crippen molar-refractivity contribution >= 4 is 23.3 Å². The first-order chi connectivity index (χ1) is 16.7. The molecule has 2 aromatic heterocycles. The monoisotopic (exact) mass is 470 g/mol. The predicted molar refractivity (Wildman–Crippen MR) is 135 cm³/mol. The van der Waals surface area contributed by atoms with Gasteiger partial charge in [0, 0.05) is 43.2 Å². The van der Waals surface area contributed by atoms with Gasteiger partial charge in [0.15, 0.2) is 0 Å². The van der Waals surface area contributed by atoms with Gasteiger partial charge in [-0.25, -0.2) is 4.68 Å². The van der Waals surface area contributed by atoms with E-state index in [0.717, 1.165) is 35.8 Å². The van der Waals surface area contributed by atoms with Crippen molar-refractivity contribution in [3.8, 4) is 16.1 Å². The third kappa shape index (κ3) is 5.13. The van der Waals surface area contributed by atoms with Gasteiger partial charge >= 0.3 is 0 Å². The van der Waals surface area contributed by atoms with Crippen LogP contribution in [-0.2, 0) is 0 Å². The Kier molecular flexibility index (Phi) is 6.60. The van der Waals surface area contributed by atoms with Crippen LogP contribution in [0.1, 0.15) is 21.5 Å². The van der Waals surface area contributed by atoms with E-state index in [0.29, 0.717) is 18.7 Å². The Morgan fingerprint density at radius 2 is 1.88 bits per heavy atom. The van der Waals surface area contributed by atoms with Gasteiger partial charge in [-0.05, 0) is 63.7 Å². The number of amides is 1. The van der Waals surface area contributed by atoms with Gasteiger partial charge in [-0.15, -0.1) is 16.4 Å². The fraction of sp³-hybridized carbons (Fsp3) is 0.231. The lowest BCUT2D eigenvalue weighted by atomic mass is 10.1. The van der Waals surface area contributed by atoms with Crippen molar-refractivity contribution in [1.29, 1.82) is 0 Å². The Morgan fingerprint density at radius 1 is 1.06 bits per heavy atom. The molecule has 0 spiro atoms. The van der Waals surface area contributed by atoms with Crippen LogP contribution in [0, 0.1) is 6.92 Å². The number of aromatic nitrogens is 4. The number of thiophene rings is 1. The van der Waals surface area contributed by atoms with Crippen molar-refractivity contribution in [2.75, 3.05) is 32.7 Å². The SMILES string of the molecule is Cc1csc(-c2cc(C(=O)N3CCN(CC=Cc4ccccc4)CC3)cc(-n3cnnn3)c2)c1. The molecule has 0 atom stereocenters. The Labute approximate surface area is 202 Å². The average Bonchev–Trinajstić information content (AvgIpc) is 3.57. The maximum absolute atomic E-state index is 13.5. The molecule has 0 aliphatic carbocycles. The number of nitrogens with zero attached hydrogens (tertiary/aromatic N) is 6. The second-order valence-corrected chi connectivity index (χ2v) is 9.33. The molecule has 8 heteroatoms. The van der Waals surface area contributed by atoms with Gasteiger partial charge in [0.2, 0.25) is 0 Å². The van der Waals surface area contributed by atoms with Crippen molar-refractivity contribution in [3.63, 3.8) is 0 Å². The van der Waals surface area contributed by atoms with Gasteiger partial charge in [0.25, 0.3) is 5.91 Å². The molecule has 5 rings (SSSR count). The Bertz CT molecular complexity index is 1270. The van der Waals surface area contributed by atoms with E-state index >= 15 is 0 Å². The van der Waals surface area contributed by atoms with Gasteiger partial charge in [-0.1, -0.05) is 42.5 Å². The molecule has 1 fully saturated rings. The van der Waals surface area contributed by atoms with Crippen LogP contribution < -0.4 is 0 Å². The van der Waals surface area contributed by atoms with E-state index in [2.05, 4.69) is 63.1 Å². The number of hydrogen-bond acceptors (Lipinski definition) is 6. The number of tetrazole rings is 1. The molecule has 3 heterocycles. The predicted octanol–water partition coefficient (Wildman–Crippen LogP) is 4.17. The van der Waals surface area contributed by atoms with E-state index < -0.39 is 0 Å². The zero-order valence-electron chi connectivity index (χ0n) is 19.0. The first kappa shape index (κ1) is 22.2. The lowest BCUT2D eigenvalue weighted by Crippen LogP contribution is -2.48. The average molecular weight is 471 g/mol. The minimum Gasteiger partial charge on any atom is -0.336 e. The van der Waals surface area contributed by atoms with E-state index in [1.54, 1.807) is 22.3 Å². The molecule has 0 bridgehead atoms. The number of benzene rings is 2. The van der Waals surface area contributed by atoms with E-state index in [-0.39, 0.29) is 5.91 Å². The van der Waals surface area contributed by atoms with Crippen LogP contribution in [0.2, 0.25) is 0 Å². The summed E-state index contributed by atoms with van der Waals surface area (Å²) in [7, 11) is 0. The third-order valence-electron chi connectivity index (χ3n) is 5.93. The van der Waals surface area contributed by atoms with Crippen LogP contribution in [0.15, 0.2) is 72.4 Å². The van der Waals surface area contributed by atoms with Crippen molar-refractivity contribution < 1.29 is 4.79 Å². The highest BCUT2D eigenvalue weighted by molar-refractivity contribution is 7.13. The molecule has 7 nitrogen and oxygen atoms in total. The van der Waals surface area contributed by atoms with Gasteiger partial charge in [-0.2, -0.15) is 0 Å². The number of hydrogen-bond donors (Lipinski definition) is 0. The molecular formula is C26H26N6OS. The van der Waals surface area contributed by atoms with Crippen molar-refractivity contribution in [2.24, 2.45) is 0 Å². The first-order valence-corrected chi connectivity index (χ1v) is 12.2. The van der Waals surface area contributed by atoms with Gasteiger partial charge < -0.3 is 4.90 Å². The maximum atomic E-state index is 13.5. The summed E-state index contributed by atoms with van der Waals surface area (Å²) in [4.78, 5) is 18.9. The standard InChI is InChI=1S/C26H26N6OS/c1-20-14-25(34-18-20)22-15-23(17-24(16-22)32-19-27-28-29-32)26(33)31-12-10-30(11-13-31)9-5-8-21-6-3-2-4-7-21/h2-8,14-19H,9-13H2,1H3. The molecule has 0 saturated carbocycles. The van der Waals surface area contributed by atoms with E-state index in [9.17, 15) is 4.79 Å². The van der Waals surface area contributed by atoms with Crippen LogP contribution in [0.4, 0.5) is 0 Å². The van der Waals surface area contributed by atoms with E-state index in [4.69, 9.17) is 0 Å². The maximum Gasteiger partial charge on any atom is 0.254 e. The molecule has 1 aliphatic heterocycles. The van der Waals surface area contributed by atoms with E-state index in [1.807, 2.05) is 41.3 Å². The van der Waals surface area contributed by atoms with Crippen LogP contribution in [0.3, 0.4) is 0 Å². The quantitative estimate of drug-likeness (QED) is 0.423. The van der Waals surface area contributed by atoms with Crippen molar-refractivity contribution in [1.82, 2.24) is 30.0 Å². The van der Waals surface area contributed by atoms with Gasteiger partial charge in [0.1, 0.15) is 6.33 Å². The summed E-state index contributed by atoms with van der Waals surface area (Å²) >= 11 is 1.67. The van der Waals surface area contributed by atoms with Crippen LogP contribution >= 0.6 is 11.3 Å². The molecule has 0 radical (unpaired) electrons. The molecule has 1 saturated heterocycles. The molecule has 2 aromatic carbocycles. The minimum absolute atomic E-state index is 0.0453. The molecule has 34 heavy (non-hydrogen) atoms. The molecule has 1 aliphatic rings. The summed E-state index contributed by atoms with van der Waals surface area (Å²) in [6, 6.07) is 18.3. The summed E-state index contributed by atoms with van der Waals surface area (Å²) in [6.07, 6.45) is 5.89. The Hall–Kier alpha value is -3.62. The van der Waals surface area contributed by atoms with Gasteiger partial charge in [-0.3, -0.25) is 9.69 Å². The fourth-order valence-electron chi connectivity index (χ4n) is 4.09. The van der Waals surface area contributed by atoms with Crippen molar-refractivity contribution in [3.05, 3.63) is 89.1 Å². The second-order valence-electron chi connectivity index (χ2n) is 8.42. The second kappa shape index (κ2) is 10.1. The largest absolute Gasteiger partial charge is 0.336 e. The molecule has 1 amide bonds. The fourth-order valence-corrected chi connectivity index (χ4v) is 4.98. The Morgan fingerprint density at radius 3 is 2.59 bits per heavy atom. The molecule has 172 valence electrons. The number of piperazine rings is 1. The normalized spacial score (nSPS) is 14.7. The van der Waals surface area contributed by atoms with Crippen LogP contribution in [0.25, 0.3) is 22.2 Å². The number of aryl methyl sites for hydroxylation is 1. The topological polar surface area (TPSA) is 67.2 Å². The zero-order chi connectivity index (χ0) is 23.3. The summed E-state index contributed by atoms with van der Waals surface area (Å²) < 4.78 is 1.59. The molecule has 0 N–H and O–H groups in total. The first-order valence-electron chi connectivity index (χ1n) is 11.3. The molecular weight excluding hydrogens is 444 g/mol. The minimum atomic E-state index is 0.0453. The lowest BCUT2D eigenvalue weighted by molar-refractivity contribution is 0.0650. The molecule has 4 aromatic rings. The highest BCUT2D eigenvalue weighted by Crippen LogP contribution is 2.30. The summed E-state index contributed by atoms with van der Waals surface area (Å²) in [5, 5.41) is 13.6. The number of carbonyl (C=O) groups excluding carboxylic acids is 1. The smallest absolute Gasteiger partial charge is 0.254 e. The highest BCUT2D eigenvalue weighted by atomic mass is 32.1. The lowest BCUT2D eigenvalue weighted by Gasteiger charge is -2.34. The summed E-state index contributed by atoms with van der Waals surface area (Å²) in [6.45, 7) is 6.09. The van der Waals surface area contributed by atoms with Gasteiger partial charge in [0.05, 0.1) is 5.69 Å². The summed E-state index contributed by atoms with van der Waals surface area (Å²) in [5.41, 5.74) is 4.85. The van der Waals surface area contributed by atoms with Crippen LogP contribution in [-0.4, -0.2) is 68.6 Å². The third-order valence-corrected chi connectivity index (χ3v) is 7.02. The highest BCUT2D eigenvalue weighted by Gasteiger charge is 2.23. The summed E-state index contributed by atoms with van der Waals surface area (Å²) in [5.74, 6) is 0.0453. The number of rotatable bonds is 6. The zero-order valence-corrected chi connectivity index (χ0v) is 19.9. The number of carbonyl (C=O) groups is 1. The van der Waals surface area contributed by atoms with Crippen molar-refractivity contribution in [2.45, 2.75) is 6.92 Å². The molecule has 0 unspecified atom stereocenters. The Balaban J connectivity index is 1.29. The van der Waals surface area contributed by atoms with Crippen LogP contribution in [0.5, 0.6) is 0 Å². The van der Waals surface area contributed by atoms with E-state index in [1.165, 1.54) is 11.1 Å².